The van der Waals surface area contributed by atoms with Crippen molar-refractivity contribution in [1.29, 1.82) is 0 Å². The standard InChI is InChI=1S/C23H21F4N3O3/c1-10-4-5-11(8-10)20(22(2,3)23(25,26)27)30-17-16(18(31)19(17)32)29-15-13(24)7-6-12-9-28-21(33)14(12)15/h4-7,20,29-30H,8-9H2,1-3H3,(H,28,33)/t20-/m0/s1. The number of amides is 1. The Balaban J connectivity index is 1.73. The molecule has 0 unspecified atom stereocenters. The Labute approximate surface area is 186 Å². The van der Waals surface area contributed by atoms with E-state index in [4.69, 9.17) is 0 Å². The van der Waals surface area contributed by atoms with Crippen molar-refractivity contribution in [3.63, 3.8) is 0 Å². The number of anilines is 3. The molecule has 0 bridgehead atoms. The molecule has 1 atom stereocenters. The van der Waals surface area contributed by atoms with Crippen LogP contribution in [-0.2, 0) is 6.54 Å². The molecule has 4 rings (SSSR count). The van der Waals surface area contributed by atoms with Crippen LogP contribution in [0.2, 0.25) is 0 Å². The predicted octanol–water partition coefficient (Wildman–Crippen LogP) is 4.05. The minimum absolute atomic E-state index is 0.0144. The number of hydrogen-bond acceptors (Lipinski definition) is 5. The fraction of sp³-hybridized carbons (Fsp3) is 0.348. The third-order valence-corrected chi connectivity index (χ3v) is 6.24. The summed E-state index contributed by atoms with van der Waals surface area (Å²) in [6.07, 6.45) is -1.10. The van der Waals surface area contributed by atoms with Gasteiger partial charge in [0.05, 0.1) is 22.7 Å². The van der Waals surface area contributed by atoms with Crippen LogP contribution in [0.15, 0.2) is 45.0 Å². The first-order valence-electron chi connectivity index (χ1n) is 10.2. The first-order chi connectivity index (χ1) is 15.3. The fourth-order valence-corrected chi connectivity index (χ4v) is 4.12. The van der Waals surface area contributed by atoms with E-state index < -0.39 is 40.2 Å². The summed E-state index contributed by atoms with van der Waals surface area (Å²) in [4.78, 5) is 36.8. The number of allylic oxidation sites excluding steroid dienone is 3. The van der Waals surface area contributed by atoms with E-state index >= 15 is 0 Å². The van der Waals surface area contributed by atoms with E-state index in [0.29, 0.717) is 11.1 Å². The monoisotopic (exact) mass is 463 g/mol. The number of rotatable bonds is 6. The van der Waals surface area contributed by atoms with Crippen molar-refractivity contribution >= 4 is 23.0 Å². The first kappa shape index (κ1) is 22.8. The van der Waals surface area contributed by atoms with Crippen LogP contribution in [0.5, 0.6) is 0 Å². The lowest BCUT2D eigenvalue weighted by Crippen LogP contribution is -2.50. The second-order valence-corrected chi connectivity index (χ2v) is 8.90. The SMILES string of the molecule is CC1=CC=C([C@H](Nc2c(Nc3c(F)ccc4c3C(=O)NC4)c(=O)c2=O)C(C)(C)C(F)(F)F)C1. The molecule has 0 saturated heterocycles. The van der Waals surface area contributed by atoms with Gasteiger partial charge in [0, 0.05) is 6.54 Å². The zero-order valence-electron chi connectivity index (χ0n) is 18.0. The lowest BCUT2D eigenvalue weighted by Gasteiger charge is -2.38. The van der Waals surface area contributed by atoms with Gasteiger partial charge in [-0.25, -0.2) is 4.39 Å². The van der Waals surface area contributed by atoms with Gasteiger partial charge in [0.1, 0.15) is 17.2 Å². The van der Waals surface area contributed by atoms with E-state index in [1.165, 1.54) is 6.07 Å². The first-order valence-corrected chi connectivity index (χ1v) is 10.2. The molecule has 0 fully saturated rings. The number of fused-ring (bicyclic) bond motifs is 1. The average Bonchev–Trinajstić information content (AvgIpc) is 3.33. The molecule has 0 spiro atoms. The minimum atomic E-state index is -4.63. The van der Waals surface area contributed by atoms with Crippen molar-refractivity contribution in [3.05, 3.63) is 72.8 Å². The van der Waals surface area contributed by atoms with Gasteiger partial charge in [-0.05, 0) is 44.4 Å². The number of carbonyl (C=O) groups is 1. The van der Waals surface area contributed by atoms with Crippen LogP contribution in [0.25, 0.3) is 0 Å². The Hall–Kier alpha value is -3.43. The highest BCUT2D eigenvalue weighted by Crippen LogP contribution is 2.46. The molecule has 1 aliphatic heterocycles. The maximum Gasteiger partial charge on any atom is 0.396 e. The largest absolute Gasteiger partial charge is 0.396 e. The molecular weight excluding hydrogens is 442 g/mol. The van der Waals surface area contributed by atoms with Crippen LogP contribution in [-0.4, -0.2) is 18.1 Å². The van der Waals surface area contributed by atoms with Gasteiger partial charge in [-0.1, -0.05) is 23.8 Å². The zero-order valence-corrected chi connectivity index (χ0v) is 18.0. The smallest absolute Gasteiger partial charge is 0.373 e. The van der Waals surface area contributed by atoms with Gasteiger partial charge in [0.15, 0.2) is 0 Å². The lowest BCUT2D eigenvalue weighted by atomic mass is 9.78. The highest BCUT2D eigenvalue weighted by molar-refractivity contribution is 6.04. The topological polar surface area (TPSA) is 87.3 Å². The molecule has 3 N–H and O–H groups in total. The molecule has 2 aromatic rings. The van der Waals surface area contributed by atoms with Crippen LogP contribution >= 0.6 is 0 Å². The zero-order chi connectivity index (χ0) is 24.3. The minimum Gasteiger partial charge on any atom is -0.373 e. The molecule has 0 aromatic heterocycles. The molecule has 10 heteroatoms. The third-order valence-electron chi connectivity index (χ3n) is 6.24. The number of hydrogen-bond donors (Lipinski definition) is 3. The van der Waals surface area contributed by atoms with E-state index in [1.807, 2.05) is 0 Å². The molecule has 1 heterocycles. The number of carbonyl (C=O) groups excluding carboxylic acids is 1. The van der Waals surface area contributed by atoms with Gasteiger partial charge in [-0.3, -0.25) is 14.4 Å². The summed E-state index contributed by atoms with van der Waals surface area (Å²) in [6.45, 7) is 3.95. The number of alkyl halides is 3. The van der Waals surface area contributed by atoms with Crippen molar-refractivity contribution in [2.24, 2.45) is 5.41 Å². The lowest BCUT2D eigenvalue weighted by molar-refractivity contribution is -0.213. The maximum atomic E-state index is 14.5. The molecule has 1 amide bonds. The van der Waals surface area contributed by atoms with E-state index in [-0.39, 0.29) is 35.6 Å². The second kappa shape index (κ2) is 7.57. The fourth-order valence-electron chi connectivity index (χ4n) is 4.12. The Kier molecular flexibility index (Phi) is 5.22. The van der Waals surface area contributed by atoms with Crippen LogP contribution in [0.4, 0.5) is 34.6 Å². The molecular formula is C23H21F4N3O3. The van der Waals surface area contributed by atoms with Gasteiger partial charge in [0.25, 0.3) is 16.8 Å². The van der Waals surface area contributed by atoms with Crippen molar-refractivity contribution in [2.45, 2.75) is 46.0 Å². The Bertz CT molecular complexity index is 1300. The van der Waals surface area contributed by atoms with Gasteiger partial charge in [-0.15, -0.1) is 0 Å². The van der Waals surface area contributed by atoms with E-state index in [0.717, 1.165) is 25.5 Å². The van der Waals surface area contributed by atoms with Crippen molar-refractivity contribution < 1.29 is 22.4 Å². The van der Waals surface area contributed by atoms with Crippen molar-refractivity contribution in [3.8, 4) is 0 Å². The summed E-state index contributed by atoms with van der Waals surface area (Å²) in [5.74, 6) is -1.40. The normalized spacial score (nSPS) is 16.9. The van der Waals surface area contributed by atoms with Gasteiger partial charge < -0.3 is 16.0 Å². The quantitative estimate of drug-likeness (QED) is 0.445. The van der Waals surface area contributed by atoms with E-state index in [1.54, 1.807) is 19.1 Å². The van der Waals surface area contributed by atoms with Gasteiger partial charge in [0.2, 0.25) is 0 Å². The molecule has 33 heavy (non-hydrogen) atoms. The Morgan fingerprint density at radius 2 is 1.67 bits per heavy atom. The number of nitrogens with one attached hydrogen (secondary N) is 3. The molecule has 2 aliphatic rings. The van der Waals surface area contributed by atoms with Crippen molar-refractivity contribution in [2.75, 3.05) is 10.6 Å². The van der Waals surface area contributed by atoms with Gasteiger partial charge in [-0.2, -0.15) is 13.2 Å². The Morgan fingerprint density at radius 1 is 1.00 bits per heavy atom. The van der Waals surface area contributed by atoms with E-state index in [9.17, 15) is 31.9 Å². The molecule has 0 saturated carbocycles. The summed E-state index contributed by atoms with van der Waals surface area (Å²) in [6, 6.07) is 1.16. The van der Waals surface area contributed by atoms with Crippen molar-refractivity contribution in [1.82, 2.24) is 5.32 Å². The summed E-state index contributed by atoms with van der Waals surface area (Å²) in [5.41, 5.74) is -3.64. The van der Waals surface area contributed by atoms with Gasteiger partial charge >= 0.3 is 6.18 Å². The number of benzene rings is 1. The summed E-state index contributed by atoms with van der Waals surface area (Å²) in [5, 5.41) is 7.65. The average molecular weight is 463 g/mol. The van der Waals surface area contributed by atoms with Crippen LogP contribution in [0.1, 0.15) is 43.1 Å². The van der Waals surface area contributed by atoms with E-state index in [2.05, 4.69) is 16.0 Å². The van der Waals surface area contributed by atoms with Crippen LogP contribution in [0, 0.1) is 11.2 Å². The summed E-state index contributed by atoms with van der Waals surface area (Å²) < 4.78 is 56.3. The number of halogens is 4. The molecule has 1 aliphatic carbocycles. The summed E-state index contributed by atoms with van der Waals surface area (Å²) >= 11 is 0. The third kappa shape index (κ3) is 3.63. The molecule has 2 aromatic carbocycles. The maximum absolute atomic E-state index is 14.5. The second-order valence-electron chi connectivity index (χ2n) is 8.90. The van der Waals surface area contributed by atoms with Crippen LogP contribution in [0.3, 0.4) is 0 Å². The molecule has 6 nitrogen and oxygen atoms in total. The highest BCUT2D eigenvalue weighted by atomic mass is 19.4. The van der Waals surface area contributed by atoms with Crippen LogP contribution < -0.4 is 26.8 Å². The summed E-state index contributed by atoms with van der Waals surface area (Å²) in [7, 11) is 0. The molecule has 174 valence electrons. The predicted molar refractivity (Wildman–Crippen MR) is 116 cm³/mol. The Morgan fingerprint density at radius 3 is 2.27 bits per heavy atom. The molecule has 0 radical (unpaired) electrons. The highest BCUT2D eigenvalue weighted by Gasteiger charge is 2.54.